The van der Waals surface area contributed by atoms with Gasteiger partial charge < -0.3 is 14.6 Å². The number of alkyl halides is 4. The first-order valence-electron chi connectivity index (χ1n) is 8.14. The topological polar surface area (TPSA) is 68.7 Å². The van der Waals surface area contributed by atoms with Gasteiger partial charge in [0.15, 0.2) is 0 Å². The van der Waals surface area contributed by atoms with Gasteiger partial charge in [0, 0.05) is 11.6 Å². The molecule has 0 aliphatic carbocycles. The van der Waals surface area contributed by atoms with Crippen LogP contribution in [0, 0.1) is 0 Å². The number of carboxylic acid groups (broad SMARTS) is 1. The molecular weight excluding hydrogens is 414 g/mol. The van der Waals surface area contributed by atoms with E-state index in [0.29, 0.717) is 10.5 Å². The van der Waals surface area contributed by atoms with Gasteiger partial charge in [-0.15, -0.1) is 11.3 Å². The third-order valence-corrected chi connectivity index (χ3v) is 4.78. The van der Waals surface area contributed by atoms with Crippen molar-refractivity contribution in [3.63, 3.8) is 0 Å². The molecule has 1 N–H and O–H groups in total. The van der Waals surface area contributed by atoms with E-state index >= 15 is 0 Å². The van der Waals surface area contributed by atoms with Crippen LogP contribution >= 0.6 is 11.3 Å². The highest BCUT2D eigenvalue weighted by molar-refractivity contribution is 7.19. The Kier molecular flexibility index (Phi) is 6.32. The summed E-state index contributed by atoms with van der Waals surface area (Å²) in [5.41, 5.74) is 0.983. The lowest BCUT2D eigenvalue weighted by Gasteiger charge is -2.12. The summed E-state index contributed by atoms with van der Waals surface area (Å²) in [6.45, 7) is -6.35. The first-order valence-corrected chi connectivity index (χ1v) is 8.95. The van der Waals surface area contributed by atoms with E-state index in [1.807, 2.05) is 6.07 Å². The number of halogens is 4. The van der Waals surface area contributed by atoms with Crippen molar-refractivity contribution in [2.75, 3.05) is 0 Å². The molecule has 1 heterocycles. The van der Waals surface area contributed by atoms with E-state index in [9.17, 15) is 27.5 Å². The molecule has 0 atom stereocenters. The predicted octanol–water partition coefficient (Wildman–Crippen LogP) is 5.51. The largest absolute Gasteiger partial charge is 0.481 e. The van der Waals surface area contributed by atoms with Gasteiger partial charge >= 0.3 is 19.2 Å². The summed E-state index contributed by atoms with van der Waals surface area (Å²) >= 11 is 1.24. The van der Waals surface area contributed by atoms with Crippen molar-refractivity contribution >= 4 is 39.2 Å². The van der Waals surface area contributed by atoms with Crippen LogP contribution in [-0.2, 0) is 4.79 Å². The number of nitrogens with zero attached hydrogens (tertiary/aromatic N) is 1. The summed E-state index contributed by atoms with van der Waals surface area (Å²) in [5.74, 6) is -1.95. The van der Waals surface area contributed by atoms with Gasteiger partial charge in [0.2, 0.25) is 0 Å². The Bertz CT molecular complexity index is 1020. The molecule has 29 heavy (non-hydrogen) atoms. The van der Waals surface area contributed by atoms with Gasteiger partial charge in [-0.05, 0) is 35.9 Å². The molecule has 0 spiro atoms. The van der Waals surface area contributed by atoms with Crippen LogP contribution in [0.15, 0.2) is 42.5 Å². The Hall–Kier alpha value is -3.14. The van der Waals surface area contributed by atoms with Crippen molar-refractivity contribution < 1.29 is 36.9 Å². The molecule has 0 unspecified atom stereocenters. The second-order valence-corrected chi connectivity index (χ2v) is 6.71. The molecule has 10 heteroatoms. The van der Waals surface area contributed by atoms with Gasteiger partial charge in [-0.25, -0.2) is 4.98 Å². The molecular formula is C19H13F4NO4S. The van der Waals surface area contributed by atoms with E-state index in [-0.39, 0.29) is 16.9 Å². The van der Waals surface area contributed by atoms with Crippen LogP contribution in [-0.4, -0.2) is 29.3 Å². The average Bonchev–Trinajstić information content (AvgIpc) is 3.06. The minimum absolute atomic E-state index is 0.0717. The van der Waals surface area contributed by atoms with E-state index in [1.165, 1.54) is 23.5 Å². The molecule has 0 amide bonds. The number of rotatable bonds is 8. The van der Waals surface area contributed by atoms with Crippen LogP contribution < -0.4 is 9.47 Å². The molecule has 0 bridgehead atoms. The molecule has 3 rings (SSSR count). The third-order valence-electron chi connectivity index (χ3n) is 3.67. The number of benzene rings is 2. The van der Waals surface area contributed by atoms with Crippen LogP contribution in [0.1, 0.15) is 17.0 Å². The number of carbonyl (C=O) groups is 1. The van der Waals surface area contributed by atoms with Crippen molar-refractivity contribution in [3.8, 4) is 11.5 Å². The van der Waals surface area contributed by atoms with Gasteiger partial charge in [0.25, 0.3) is 0 Å². The van der Waals surface area contributed by atoms with Crippen LogP contribution in [0.4, 0.5) is 17.6 Å². The molecule has 0 fully saturated rings. The van der Waals surface area contributed by atoms with E-state index in [0.717, 1.165) is 16.8 Å². The summed E-state index contributed by atoms with van der Waals surface area (Å²) < 4.78 is 59.8. The quantitative estimate of drug-likeness (QED) is 0.480. The first kappa shape index (κ1) is 20.6. The second-order valence-electron chi connectivity index (χ2n) is 5.68. The minimum atomic E-state index is -3.21. The predicted molar refractivity (Wildman–Crippen MR) is 99.4 cm³/mol. The number of ether oxygens (including phenoxy) is 2. The van der Waals surface area contributed by atoms with Crippen molar-refractivity contribution in [1.29, 1.82) is 0 Å². The Morgan fingerprint density at radius 1 is 1.10 bits per heavy atom. The number of aliphatic carboxylic acids is 1. The molecule has 3 aromatic rings. The number of aromatic nitrogens is 1. The molecule has 5 nitrogen and oxygen atoms in total. The van der Waals surface area contributed by atoms with E-state index in [4.69, 9.17) is 0 Å². The molecule has 2 aromatic carbocycles. The van der Waals surface area contributed by atoms with E-state index in [2.05, 4.69) is 14.5 Å². The third kappa shape index (κ3) is 5.44. The van der Waals surface area contributed by atoms with Gasteiger partial charge in [0.05, 0.1) is 16.6 Å². The maximum absolute atomic E-state index is 12.8. The van der Waals surface area contributed by atoms with Gasteiger partial charge in [-0.3, -0.25) is 4.79 Å². The fraction of sp³-hybridized carbons (Fsp3) is 0.158. The molecule has 0 aliphatic heterocycles. The average molecular weight is 427 g/mol. The maximum Gasteiger partial charge on any atom is 0.387 e. The van der Waals surface area contributed by atoms with E-state index in [1.54, 1.807) is 18.2 Å². The Morgan fingerprint density at radius 2 is 1.83 bits per heavy atom. The van der Waals surface area contributed by atoms with Crippen molar-refractivity contribution in [3.05, 3.63) is 53.0 Å². The maximum atomic E-state index is 12.8. The Labute approximate surface area is 165 Å². The Balaban J connectivity index is 2.07. The lowest BCUT2D eigenvalue weighted by Crippen LogP contribution is -2.06. The summed E-state index contributed by atoms with van der Waals surface area (Å²) in [6.07, 6.45) is 0.902. The number of thiazole rings is 1. The van der Waals surface area contributed by atoms with Crippen LogP contribution in [0.3, 0.4) is 0 Å². The molecule has 0 saturated carbocycles. The van der Waals surface area contributed by atoms with Crippen molar-refractivity contribution in [1.82, 2.24) is 4.98 Å². The highest BCUT2D eigenvalue weighted by atomic mass is 32.1. The number of hydrogen-bond donors (Lipinski definition) is 1. The van der Waals surface area contributed by atoms with Gasteiger partial charge in [0.1, 0.15) is 16.5 Å². The minimum Gasteiger partial charge on any atom is -0.481 e. The fourth-order valence-corrected chi connectivity index (χ4v) is 3.54. The Morgan fingerprint density at radius 3 is 2.48 bits per heavy atom. The highest BCUT2D eigenvalue weighted by Gasteiger charge is 2.16. The first-order chi connectivity index (χ1) is 13.8. The zero-order chi connectivity index (χ0) is 21.0. The molecule has 152 valence electrons. The smallest absolute Gasteiger partial charge is 0.387 e. The lowest BCUT2D eigenvalue weighted by atomic mass is 10.1. The van der Waals surface area contributed by atoms with Gasteiger partial charge in [-0.1, -0.05) is 12.1 Å². The second kappa shape index (κ2) is 8.91. The fourth-order valence-electron chi connectivity index (χ4n) is 2.56. The van der Waals surface area contributed by atoms with Crippen molar-refractivity contribution in [2.45, 2.75) is 19.6 Å². The lowest BCUT2D eigenvalue weighted by molar-refractivity contribution is -0.135. The SMILES string of the molecule is O=C(O)CC(=Cc1ccc(OC(F)F)cc1OC(F)F)c1nc2ccccc2s1. The van der Waals surface area contributed by atoms with Crippen LogP contribution in [0.2, 0.25) is 0 Å². The summed E-state index contributed by atoms with van der Waals surface area (Å²) in [6, 6.07) is 10.4. The zero-order valence-electron chi connectivity index (χ0n) is 14.5. The zero-order valence-corrected chi connectivity index (χ0v) is 15.3. The van der Waals surface area contributed by atoms with Gasteiger partial charge in [-0.2, -0.15) is 17.6 Å². The number of fused-ring (bicyclic) bond motifs is 1. The van der Waals surface area contributed by atoms with Crippen LogP contribution in [0.25, 0.3) is 21.9 Å². The standard InChI is InChI=1S/C19H13F4NO4S/c20-18(21)27-12-6-5-10(14(9-12)28-19(22)23)7-11(8-16(25)26)17-24-13-3-1-2-4-15(13)29-17/h1-7,9,18-19H,8H2,(H,25,26). The summed E-state index contributed by atoms with van der Waals surface area (Å²) in [7, 11) is 0. The summed E-state index contributed by atoms with van der Waals surface area (Å²) in [5, 5.41) is 9.63. The van der Waals surface area contributed by atoms with Crippen molar-refractivity contribution in [2.24, 2.45) is 0 Å². The molecule has 0 saturated heterocycles. The molecule has 0 aliphatic rings. The number of carboxylic acids is 1. The molecule has 1 aromatic heterocycles. The highest BCUT2D eigenvalue weighted by Crippen LogP contribution is 2.34. The number of hydrogen-bond acceptors (Lipinski definition) is 5. The monoisotopic (exact) mass is 427 g/mol. The van der Waals surface area contributed by atoms with E-state index < -0.39 is 31.4 Å². The number of para-hydroxylation sites is 1. The van der Waals surface area contributed by atoms with Crippen LogP contribution in [0.5, 0.6) is 11.5 Å². The molecule has 0 radical (unpaired) electrons. The summed E-state index contributed by atoms with van der Waals surface area (Å²) in [4.78, 5) is 15.7. The normalized spacial score (nSPS) is 12.0.